The highest BCUT2D eigenvalue weighted by Gasteiger charge is 2.45. The molecule has 2 rings (SSSR count). The summed E-state index contributed by atoms with van der Waals surface area (Å²) >= 11 is 0. The quantitative estimate of drug-likeness (QED) is 0.785. The molecule has 1 aromatic rings. The van der Waals surface area contributed by atoms with Crippen LogP contribution < -0.4 is 5.73 Å². The molecule has 0 spiro atoms. The van der Waals surface area contributed by atoms with Crippen LogP contribution in [0.4, 0.5) is 0 Å². The van der Waals surface area contributed by atoms with E-state index in [9.17, 15) is 4.79 Å². The van der Waals surface area contributed by atoms with Crippen molar-refractivity contribution < 1.29 is 9.90 Å². The summed E-state index contributed by atoms with van der Waals surface area (Å²) in [5.74, 6) is -0.517. The molecule has 3 nitrogen and oxygen atoms in total. The van der Waals surface area contributed by atoms with E-state index in [1.807, 2.05) is 30.3 Å². The summed E-state index contributed by atoms with van der Waals surface area (Å²) in [5.41, 5.74) is 6.73. The van der Waals surface area contributed by atoms with Crippen LogP contribution in [-0.4, -0.2) is 17.6 Å². The van der Waals surface area contributed by atoms with Crippen molar-refractivity contribution in [2.75, 3.05) is 6.54 Å². The van der Waals surface area contributed by atoms with E-state index in [-0.39, 0.29) is 11.8 Å². The molecule has 3 unspecified atom stereocenters. The Kier molecular flexibility index (Phi) is 2.73. The predicted octanol–water partition coefficient (Wildman–Crippen LogP) is 1.45. The van der Waals surface area contributed by atoms with Gasteiger partial charge < -0.3 is 10.8 Å². The SMILES string of the molecule is NCC1CC(C(=O)O)C1c1ccccc1. The number of benzene rings is 1. The molecule has 1 fully saturated rings. The standard InChI is InChI=1S/C12H15NO2/c13-7-9-6-10(12(14)15)11(9)8-4-2-1-3-5-8/h1-5,9-11H,6-7,13H2,(H,14,15). The highest BCUT2D eigenvalue weighted by atomic mass is 16.4. The minimum absolute atomic E-state index is 0.105. The molecule has 1 saturated carbocycles. The molecule has 1 aromatic carbocycles. The zero-order chi connectivity index (χ0) is 10.8. The second-order valence-electron chi connectivity index (χ2n) is 4.11. The minimum Gasteiger partial charge on any atom is -0.481 e. The molecule has 0 radical (unpaired) electrons. The number of carbonyl (C=O) groups is 1. The predicted molar refractivity (Wildman–Crippen MR) is 57.5 cm³/mol. The zero-order valence-corrected chi connectivity index (χ0v) is 8.47. The highest BCUT2D eigenvalue weighted by molar-refractivity contribution is 5.73. The fourth-order valence-electron chi connectivity index (χ4n) is 2.43. The molecule has 0 bridgehead atoms. The van der Waals surface area contributed by atoms with E-state index in [4.69, 9.17) is 10.8 Å². The van der Waals surface area contributed by atoms with E-state index in [2.05, 4.69) is 0 Å². The Morgan fingerprint density at radius 2 is 2.07 bits per heavy atom. The van der Waals surface area contributed by atoms with Gasteiger partial charge in [0.15, 0.2) is 0 Å². The molecule has 3 N–H and O–H groups in total. The number of hydrogen-bond donors (Lipinski definition) is 2. The topological polar surface area (TPSA) is 63.3 Å². The maximum atomic E-state index is 11.0. The number of rotatable bonds is 3. The van der Waals surface area contributed by atoms with Gasteiger partial charge in [-0.25, -0.2) is 0 Å². The molecule has 0 aromatic heterocycles. The molecule has 0 saturated heterocycles. The lowest BCUT2D eigenvalue weighted by Gasteiger charge is -2.42. The van der Waals surface area contributed by atoms with Crippen molar-refractivity contribution in [3.05, 3.63) is 35.9 Å². The first kappa shape index (κ1) is 10.2. The van der Waals surface area contributed by atoms with Gasteiger partial charge in [-0.2, -0.15) is 0 Å². The summed E-state index contributed by atoms with van der Waals surface area (Å²) < 4.78 is 0. The average molecular weight is 205 g/mol. The van der Waals surface area contributed by atoms with Crippen molar-refractivity contribution in [1.82, 2.24) is 0 Å². The van der Waals surface area contributed by atoms with Crippen LogP contribution in [0.3, 0.4) is 0 Å². The van der Waals surface area contributed by atoms with Crippen molar-refractivity contribution in [3.8, 4) is 0 Å². The molecule has 3 atom stereocenters. The Morgan fingerprint density at radius 3 is 2.60 bits per heavy atom. The van der Waals surface area contributed by atoms with Crippen LogP contribution in [0.25, 0.3) is 0 Å². The summed E-state index contributed by atoms with van der Waals surface area (Å²) in [6, 6.07) is 9.81. The van der Waals surface area contributed by atoms with Crippen molar-refractivity contribution in [3.63, 3.8) is 0 Å². The molecule has 0 heterocycles. The van der Waals surface area contributed by atoms with Crippen LogP contribution in [0.1, 0.15) is 17.9 Å². The molecule has 80 valence electrons. The first-order chi connectivity index (χ1) is 7.24. The molecular weight excluding hydrogens is 190 g/mol. The monoisotopic (exact) mass is 205 g/mol. The Labute approximate surface area is 88.9 Å². The van der Waals surface area contributed by atoms with E-state index < -0.39 is 5.97 Å². The zero-order valence-electron chi connectivity index (χ0n) is 8.47. The second kappa shape index (κ2) is 4.03. The van der Waals surface area contributed by atoms with Crippen LogP contribution in [0.5, 0.6) is 0 Å². The van der Waals surface area contributed by atoms with E-state index in [0.29, 0.717) is 18.9 Å². The van der Waals surface area contributed by atoms with Gasteiger partial charge in [0.2, 0.25) is 0 Å². The van der Waals surface area contributed by atoms with Gasteiger partial charge in [0.25, 0.3) is 0 Å². The van der Waals surface area contributed by atoms with E-state index in [1.165, 1.54) is 0 Å². The number of nitrogens with two attached hydrogens (primary N) is 1. The third-order valence-corrected chi connectivity index (χ3v) is 3.30. The first-order valence-corrected chi connectivity index (χ1v) is 5.22. The van der Waals surface area contributed by atoms with Crippen LogP contribution in [0, 0.1) is 11.8 Å². The van der Waals surface area contributed by atoms with Crippen molar-refractivity contribution in [2.45, 2.75) is 12.3 Å². The Hall–Kier alpha value is -1.35. The smallest absolute Gasteiger partial charge is 0.307 e. The fourth-order valence-corrected chi connectivity index (χ4v) is 2.43. The van der Waals surface area contributed by atoms with Gasteiger partial charge in [-0.1, -0.05) is 30.3 Å². The van der Waals surface area contributed by atoms with Gasteiger partial charge in [-0.05, 0) is 24.4 Å². The molecule has 0 amide bonds. The fraction of sp³-hybridized carbons (Fsp3) is 0.417. The molecule has 15 heavy (non-hydrogen) atoms. The number of aliphatic carboxylic acids is 1. The third-order valence-electron chi connectivity index (χ3n) is 3.30. The number of hydrogen-bond acceptors (Lipinski definition) is 2. The maximum absolute atomic E-state index is 11.0. The summed E-state index contributed by atoms with van der Waals surface area (Å²) in [5, 5.41) is 9.04. The highest BCUT2D eigenvalue weighted by Crippen LogP contribution is 2.47. The Morgan fingerprint density at radius 1 is 1.40 bits per heavy atom. The van der Waals surface area contributed by atoms with Gasteiger partial charge in [-0.3, -0.25) is 4.79 Å². The molecule has 3 heteroatoms. The van der Waals surface area contributed by atoms with Crippen LogP contribution in [0.15, 0.2) is 30.3 Å². The summed E-state index contributed by atoms with van der Waals surface area (Å²) in [4.78, 5) is 11.0. The molecule has 1 aliphatic rings. The lowest BCUT2D eigenvalue weighted by atomic mass is 9.62. The van der Waals surface area contributed by atoms with Crippen molar-refractivity contribution in [2.24, 2.45) is 17.6 Å². The first-order valence-electron chi connectivity index (χ1n) is 5.22. The molecule has 1 aliphatic carbocycles. The van der Waals surface area contributed by atoms with Gasteiger partial charge >= 0.3 is 5.97 Å². The normalized spacial score (nSPS) is 29.5. The third kappa shape index (κ3) is 1.75. The largest absolute Gasteiger partial charge is 0.481 e. The van der Waals surface area contributed by atoms with Gasteiger partial charge in [-0.15, -0.1) is 0 Å². The lowest BCUT2D eigenvalue weighted by Crippen LogP contribution is -2.43. The van der Waals surface area contributed by atoms with Gasteiger partial charge in [0.1, 0.15) is 0 Å². The minimum atomic E-state index is -0.700. The Balaban J connectivity index is 2.21. The van der Waals surface area contributed by atoms with Crippen molar-refractivity contribution in [1.29, 1.82) is 0 Å². The summed E-state index contributed by atoms with van der Waals surface area (Å²) in [6.45, 7) is 0.573. The lowest BCUT2D eigenvalue weighted by molar-refractivity contribution is -0.147. The molecular formula is C12H15NO2. The van der Waals surface area contributed by atoms with Crippen molar-refractivity contribution >= 4 is 5.97 Å². The van der Waals surface area contributed by atoms with Crippen LogP contribution >= 0.6 is 0 Å². The number of carboxylic acids is 1. The van der Waals surface area contributed by atoms with Crippen LogP contribution in [0.2, 0.25) is 0 Å². The number of carboxylic acid groups (broad SMARTS) is 1. The summed E-state index contributed by atoms with van der Waals surface area (Å²) in [6.07, 6.45) is 0.714. The average Bonchev–Trinajstić information content (AvgIpc) is 2.18. The van der Waals surface area contributed by atoms with Gasteiger partial charge in [0.05, 0.1) is 5.92 Å². The Bertz CT molecular complexity index is 350. The maximum Gasteiger partial charge on any atom is 0.307 e. The second-order valence-corrected chi connectivity index (χ2v) is 4.11. The summed E-state index contributed by atoms with van der Waals surface area (Å²) in [7, 11) is 0. The van der Waals surface area contributed by atoms with Crippen LogP contribution in [-0.2, 0) is 4.79 Å². The van der Waals surface area contributed by atoms with E-state index >= 15 is 0 Å². The van der Waals surface area contributed by atoms with Gasteiger partial charge in [0, 0.05) is 5.92 Å². The van der Waals surface area contributed by atoms with E-state index in [0.717, 1.165) is 5.56 Å². The van der Waals surface area contributed by atoms with E-state index in [1.54, 1.807) is 0 Å². The molecule has 0 aliphatic heterocycles.